The number of hydrogen-bond donors (Lipinski definition) is 0. The normalized spacial score (nSPS) is 20.0. The Bertz CT molecular complexity index is 526. The van der Waals surface area contributed by atoms with Crippen molar-refractivity contribution in [3.8, 4) is 5.75 Å². The molecule has 0 N–H and O–H groups in total. The average molecular weight is 295 g/mol. The molecule has 4 nitrogen and oxygen atoms in total. The molecule has 0 amide bonds. The topological polar surface area (TPSA) is 52.6 Å². The van der Waals surface area contributed by atoms with Crippen LogP contribution in [0.25, 0.3) is 0 Å². The molecule has 0 spiro atoms. The average Bonchev–Trinajstić information content (AvgIpc) is 2.79. The molecule has 1 aromatic carbocycles. The Morgan fingerprint density at radius 2 is 2.28 bits per heavy atom. The van der Waals surface area contributed by atoms with Crippen LogP contribution >= 0.6 is 11.6 Å². The highest BCUT2D eigenvalue weighted by molar-refractivity contribution is 7.86. The van der Waals surface area contributed by atoms with Gasteiger partial charge in [-0.3, -0.25) is 0 Å². The minimum absolute atomic E-state index is 0.0196. The zero-order valence-corrected chi connectivity index (χ0v) is 11.0. The molecule has 1 aromatic rings. The first-order valence-corrected chi connectivity index (χ1v) is 7.18. The van der Waals surface area contributed by atoms with Crippen LogP contribution in [0.5, 0.6) is 5.75 Å². The van der Waals surface area contributed by atoms with Gasteiger partial charge in [-0.05, 0) is 24.6 Å². The van der Waals surface area contributed by atoms with Crippen LogP contribution in [0.1, 0.15) is 6.42 Å². The number of hydrogen-bond acceptors (Lipinski definition) is 4. The summed E-state index contributed by atoms with van der Waals surface area (Å²) in [7, 11) is -4.84. The van der Waals surface area contributed by atoms with Gasteiger partial charge < -0.3 is 9.47 Å². The van der Waals surface area contributed by atoms with Gasteiger partial charge in [0.1, 0.15) is 10.6 Å². The van der Waals surface area contributed by atoms with E-state index in [2.05, 4.69) is 0 Å². The second kappa shape index (κ2) is 5.42. The van der Waals surface area contributed by atoms with Crippen molar-refractivity contribution in [2.45, 2.75) is 11.3 Å². The molecular weight excluding hydrogens is 283 g/mol. The predicted molar refractivity (Wildman–Crippen MR) is 64.2 cm³/mol. The van der Waals surface area contributed by atoms with E-state index in [1.54, 1.807) is 0 Å². The lowest BCUT2D eigenvalue weighted by Gasteiger charge is -2.12. The van der Waals surface area contributed by atoms with Gasteiger partial charge in [0, 0.05) is 17.5 Å². The third kappa shape index (κ3) is 3.34. The Labute approximate surface area is 110 Å². The van der Waals surface area contributed by atoms with Crippen molar-refractivity contribution >= 4 is 21.8 Å². The van der Waals surface area contributed by atoms with E-state index in [4.69, 9.17) is 21.1 Å². The van der Waals surface area contributed by atoms with Gasteiger partial charge in [0.25, 0.3) is 0 Å². The highest BCUT2D eigenvalue weighted by atomic mass is 35.5. The Morgan fingerprint density at radius 1 is 1.50 bits per heavy atom. The van der Waals surface area contributed by atoms with E-state index < -0.39 is 15.1 Å². The fourth-order valence-corrected chi connectivity index (χ4v) is 2.59. The van der Waals surface area contributed by atoms with Gasteiger partial charge in [-0.25, -0.2) is 0 Å². The van der Waals surface area contributed by atoms with Crippen LogP contribution in [0, 0.1) is 5.92 Å². The first-order chi connectivity index (χ1) is 8.47. The smallest absolute Gasteiger partial charge is 0.335 e. The maximum Gasteiger partial charge on any atom is 0.335 e. The Balaban J connectivity index is 2.16. The van der Waals surface area contributed by atoms with Gasteiger partial charge in [-0.1, -0.05) is 11.6 Å². The summed E-state index contributed by atoms with van der Waals surface area (Å²) < 4.78 is 45.5. The largest absolute Gasteiger partial charge is 0.492 e. The summed E-state index contributed by atoms with van der Waals surface area (Å²) in [6.07, 6.45) is 0.852. The molecular formula is C11H12ClFO4S. The highest BCUT2D eigenvalue weighted by Gasteiger charge is 2.21. The summed E-state index contributed by atoms with van der Waals surface area (Å²) in [6, 6.07) is 3.85. The van der Waals surface area contributed by atoms with Crippen LogP contribution < -0.4 is 4.74 Å². The molecule has 100 valence electrons. The minimum Gasteiger partial charge on any atom is -0.492 e. The molecule has 18 heavy (non-hydrogen) atoms. The molecule has 0 radical (unpaired) electrons. The lowest BCUT2D eigenvalue weighted by Crippen LogP contribution is -2.12. The third-order valence-corrected chi connectivity index (χ3v) is 3.75. The molecule has 7 heteroatoms. The van der Waals surface area contributed by atoms with Gasteiger partial charge >= 0.3 is 10.2 Å². The van der Waals surface area contributed by atoms with Gasteiger partial charge in [0.15, 0.2) is 0 Å². The van der Waals surface area contributed by atoms with Crippen molar-refractivity contribution < 1.29 is 21.8 Å². The number of halogens is 2. The van der Waals surface area contributed by atoms with E-state index in [-0.39, 0.29) is 16.7 Å². The molecule has 0 bridgehead atoms. The first-order valence-electron chi connectivity index (χ1n) is 5.41. The molecule has 2 rings (SSSR count). The van der Waals surface area contributed by atoms with E-state index in [9.17, 15) is 12.3 Å². The monoisotopic (exact) mass is 294 g/mol. The van der Waals surface area contributed by atoms with Crippen molar-refractivity contribution in [3.63, 3.8) is 0 Å². The molecule has 1 aliphatic heterocycles. The summed E-state index contributed by atoms with van der Waals surface area (Å²) in [5.41, 5.74) is 0. The second-order valence-corrected chi connectivity index (χ2v) is 5.82. The quantitative estimate of drug-likeness (QED) is 0.800. The van der Waals surface area contributed by atoms with E-state index in [0.717, 1.165) is 12.5 Å². The molecule has 1 aliphatic rings. The molecule has 0 aromatic heterocycles. The van der Waals surface area contributed by atoms with Crippen LogP contribution in [-0.4, -0.2) is 28.2 Å². The summed E-state index contributed by atoms with van der Waals surface area (Å²) in [5, 5.41) is 0.141. The van der Waals surface area contributed by atoms with Gasteiger partial charge in [-0.15, -0.1) is 3.89 Å². The van der Waals surface area contributed by atoms with Gasteiger partial charge in [0.2, 0.25) is 0 Å². The lowest BCUT2D eigenvalue weighted by molar-refractivity contribution is 0.166. The van der Waals surface area contributed by atoms with Crippen LogP contribution in [-0.2, 0) is 15.0 Å². The Kier molecular flexibility index (Phi) is 4.09. The molecule has 1 heterocycles. The van der Waals surface area contributed by atoms with Gasteiger partial charge in [-0.2, -0.15) is 8.42 Å². The summed E-state index contributed by atoms with van der Waals surface area (Å²) in [5.74, 6) is 0.185. The fourth-order valence-electron chi connectivity index (χ4n) is 1.71. The van der Waals surface area contributed by atoms with E-state index in [1.807, 2.05) is 0 Å². The van der Waals surface area contributed by atoms with Crippen molar-refractivity contribution in [1.29, 1.82) is 0 Å². The number of ether oxygens (including phenoxy) is 2. The maximum absolute atomic E-state index is 13.1. The molecule has 1 saturated heterocycles. The summed E-state index contributed by atoms with van der Waals surface area (Å²) >= 11 is 5.64. The van der Waals surface area contributed by atoms with Crippen LogP contribution in [0.4, 0.5) is 3.89 Å². The Morgan fingerprint density at radius 3 is 2.89 bits per heavy atom. The molecule has 1 unspecified atom stereocenters. The predicted octanol–water partition coefficient (Wildman–Crippen LogP) is 2.41. The lowest BCUT2D eigenvalue weighted by atomic mass is 10.1. The first kappa shape index (κ1) is 13.6. The molecule has 0 saturated carbocycles. The summed E-state index contributed by atoms with van der Waals surface area (Å²) in [4.78, 5) is -0.533. The van der Waals surface area contributed by atoms with Crippen molar-refractivity contribution in [3.05, 3.63) is 23.2 Å². The molecule has 0 aliphatic carbocycles. The van der Waals surface area contributed by atoms with Crippen molar-refractivity contribution in [2.75, 3.05) is 19.8 Å². The van der Waals surface area contributed by atoms with Crippen LogP contribution in [0.2, 0.25) is 5.02 Å². The highest BCUT2D eigenvalue weighted by Crippen LogP contribution is 2.29. The zero-order chi connectivity index (χ0) is 13.2. The Hall–Kier alpha value is -0.850. The number of rotatable bonds is 4. The molecule has 1 atom stereocenters. The van der Waals surface area contributed by atoms with E-state index >= 15 is 0 Å². The standard InChI is InChI=1S/C11H12ClFO4S/c12-9-1-2-10(11(5-9)18(13,14)15)17-7-8-3-4-16-6-8/h1-2,5,8H,3-4,6-7H2. The number of benzene rings is 1. The fraction of sp³-hybridized carbons (Fsp3) is 0.455. The zero-order valence-electron chi connectivity index (χ0n) is 9.43. The minimum atomic E-state index is -4.84. The SMILES string of the molecule is O=S(=O)(F)c1cc(Cl)ccc1OCC1CCOC1. The van der Waals surface area contributed by atoms with Gasteiger partial charge in [0.05, 0.1) is 13.2 Å². The van der Waals surface area contributed by atoms with E-state index in [1.165, 1.54) is 12.1 Å². The summed E-state index contributed by atoms with van der Waals surface area (Å²) in [6.45, 7) is 1.54. The van der Waals surface area contributed by atoms with Crippen molar-refractivity contribution in [2.24, 2.45) is 5.92 Å². The van der Waals surface area contributed by atoms with E-state index in [0.29, 0.717) is 19.8 Å². The third-order valence-electron chi connectivity index (χ3n) is 2.67. The maximum atomic E-state index is 13.1. The van der Waals surface area contributed by atoms with Crippen LogP contribution in [0.3, 0.4) is 0 Å². The van der Waals surface area contributed by atoms with Crippen molar-refractivity contribution in [1.82, 2.24) is 0 Å². The second-order valence-electron chi connectivity index (χ2n) is 4.07. The molecule has 1 fully saturated rings. The van der Waals surface area contributed by atoms with Crippen LogP contribution in [0.15, 0.2) is 23.1 Å².